The number of hydrogen-bond acceptors (Lipinski definition) is 4. The highest BCUT2D eigenvalue weighted by Gasteiger charge is 2.13. The second-order valence-corrected chi connectivity index (χ2v) is 6.06. The number of hydrogen-bond donors (Lipinski definition) is 0. The largest absolute Gasteiger partial charge is 0.466 e. The van der Waals surface area contributed by atoms with Gasteiger partial charge < -0.3 is 9.47 Å². The Balaban J connectivity index is 2.02. The molecule has 0 aromatic carbocycles. The highest BCUT2D eigenvalue weighted by atomic mass is 16.5. The molecule has 0 fully saturated rings. The average Bonchev–Trinajstić information content (AvgIpc) is 2.48. The standard InChI is InChI=1S/C17H28O4/c1-14(2)7-6-12-20-16(18)10-11-17(19)21-13-15-8-4-3-5-9-15/h4,8,14-15H,3,5-7,9-13H2,1-2H3. The normalized spacial score (nSPS) is 17.8. The average molecular weight is 296 g/mol. The molecule has 120 valence electrons. The molecule has 4 heteroatoms. The quantitative estimate of drug-likeness (QED) is 0.370. The molecule has 0 bridgehead atoms. The Hall–Kier alpha value is -1.32. The van der Waals surface area contributed by atoms with E-state index in [-0.39, 0.29) is 24.8 Å². The molecule has 4 nitrogen and oxygen atoms in total. The number of rotatable bonds is 9. The third kappa shape index (κ3) is 9.27. The molecule has 1 unspecified atom stereocenters. The summed E-state index contributed by atoms with van der Waals surface area (Å²) in [6, 6.07) is 0. The molecular weight excluding hydrogens is 268 g/mol. The van der Waals surface area contributed by atoms with Crippen LogP contribution in [0.1, 0.15) is 58.8 Å². The lowest BCUT2D eigenvalue weighted by molar-refractivity contribution is -0.151. The van der Waals surface area contributed by atoms with E-state index in [1.54, 1.807) is 0 Å². The van der Waals surface area contributed by atoms with Crippen LogP contribution in [0.5, 0.6) is 0 Å². The summed E-state index contributed by atoms with van der Waals surface area (Å²) in [6.07, 6.45) is 9.74. The first-order valence-corrected chi connectivity index (χ1v) is 8.06. The monoisotopic (exact) mass is 296 g/mol. The maximum atomic E-state index is 11.6. The van der Waals surface area contributed by atoms with Crippen LogP contribution in [0.3, 0.4) is 0 Å². The maximum absolute atomic E-state index is 11.6. The SMILES string of the molecule is CC(C)CCCOC(=O)CCC(=O)OCC1C=CCCC1. The molecule has 0 saturated carbocycles. The molecule has 0 amide bonds. The fourth-order valence-corrected chi connectivity index (χ4v) is 2.25. The Morgan fingerprint density at radius 1 is 1.19 bits per heavy atom. The zero-order valence-electron chi connectivity index (χ0n) is 13.3. The Kier molecular flexibility index (Phi) is 8.79. The molecule has 1 aliphatic rings. The van der Waals surface area contributed by atoms with E-state index >= 15 is 0 Å². The summed E-state index contributed by atoms with van der Waals surface area (Å²) in [5.41, 5.74) is 0. The van der Waals surface area contributed by atoms with Gasteiger partial charge in [0.25, 0.3) is 0 Å². The molecule has 0 aromatic rings. The molecular formula is C17H28O4. The van der Waals surface area contributed by atoms with Gasteiger partial charge in [0.1, 0.15) is 0 Å². The van der Waals surface area contributed by atoms with Gasteiger partial charge in [-0.05, 0) is 38.0 Å². The predicted octanol–water partition coefficient (Wildman–Crippen LogP) is 3.65. The van der Waals surface area contributed by atoms with Crippen LogP contribution in [-0.2, 0) is 19.1 Å². The fourth-order valence-electron chi connectivity index (χ4n) is 2.25. The van der Waals surface area contributed by atoms with Crippen molar-refractivity contribution in [2.75, 3.05) is 13.2 Å². The molecule has 0 spiro atoms. The molecule has 0 aliphatic heterocycles. The molecule has 0 radical (unpaired) electrons. The minimum Gasteiger partial charge on any atom is -0.466 e. The highest BCUT2D eigenvalue weighted by Crippen LogP contribution is 2.17. The summed E-state index contributed by atoms with van der Waals surface area (Å²) in [5.74, 6) is 0.333. The van der Waals surface area contributed by atoms with Gasteiger partial charge in [-0.15, -0.1) is 0 Å². The van der Waals surface area contributed by atoms with E-state index in [1.807, 2.05) is 0 Å². The first-order valence-electron chi connectivity index (χ1n) is 8.06. The van der Waals surface area contributed by atoms with Crippen LogP contribution in [0, 0.1) is 11.8 Å². The molecule has 1 rings (SSSR count). The van der Waals surface area contributed by atoms with Crippen LogP contribution in [0.4, 0.5) is 0 Å². The Morgan fingerprint density at radius 3 is 2.52 bits per heavy atom. The van der Waals surface area contributed by atoms with Crippen molar-refractivity contribution in [3.05, 3.63) is 12.2 Å². The van der Waals surface area contributed by atoms with E-state index in [4.69, 9.17) is 9.47 Å². The van der Waals surface area contributed by atoms with Crippen LogP contribution >= 0.6 is 0 Å². The van der Waals surface area contributed by atoms with Crippen molar-refractivity contribution in [2.24, 2.45) is 11.8 Å². The lowest BCUT2D eigenvalue weighted by Crippen LogP contribution is -2.15. The smallest absolute Gasteiger partial charge is 0.306 e. The minimum absolute atomic E-state index is 0.111. The van der Waals surface area contributed by atoms with E-state index in [1.165, 1.54) is 0 Å². The van der Waals surface area contributed by atoms with Crippen molar-refractivity contribution < 1.29 is 19.1 Å². The van der Waals surface area contributed by atoms with Crippen LogP contribution in [0.2, 0.25) is 0 Å². The van der Waals surface area contributed by atoms with Crippen molar-refractivity contribution in [2.45, 2.75) is 58.8 Å². The Bertz CT molecular complexity index is 347. The van der Waals surface area contributed by atoms with Crippen LogP contribution < -0.4 is 0 Å². The van der Waals surface area contributed by atoms with E-state index in [2.05, 4.69) is 26.0 Å². The third-order valence-corrected chi connectivity index (χ3v) is 3.53. The van der Waals surface area contributed by atoms with Gasteiger partial charge in [0.2, 0.25) is 0 Å². The van der Waals surface area contributed by atoms with Gasteiger partial charge in [-0.25, -0.2) is 0 Å². The number of esters is 2. The summed E-state index contributed by atoms with van der Waals surface area (Å²) >= 11 is 0. The number of ether oxygens (including phenoxy) is 2. The van der Waals surface area contributed by atoms with Gasteiger partial charge in [0.15, 0.2) is 0 Å². The molecule has 0 N–H and O–H groups in total. The van der Waals surface area contributed by atoms with Crippen LogP contribution in [-0.4, -0.2) is 25.2 Å². The van der Waals surface area contributed by atoms with Crippen molar-refractivity contribution in [1.82, 2.24) is 0 Å². The van der Waals surface area contributed by atoms with Gasteiger partial charge in [0.05, 0.1) is 26.1 Å². The second kappa shape index (κ2) is 10.4. The molecule has 0 saturated heterocycles. The first-order chi connectivity index (χ1) is 10.1. The van der Waals surface area contributed by atoms with Crippen LogP contribution in [0.25, 0.3) is 0 Å². The molecule has 21 heavy (non-hydrogen) atoms. The summed E-state index contributed by atoms with van der Waals surface area (Å²) in [7, 11) is 0. The Labute approximate surface area is 127 Å². The van der Waals surface area contributed by atoms with Crippen molar-refractivity contribution >= 4 is 11.9 Å². The summed E-state index contributed by atoms with van der Waals surface area (Å²) in [4.78, 5) is 23.0. The molecule has 0 heterocycles. The minimum atomic E-state index is -0.312. The van der Waals surface area contributed by atoms with Gasteiger partial charge in [-0.1, -0.05) is 26.0 Å². The molecule has 1 aliphatic carbocycles. The summed E-state index contributed by atoms with van der Waals surface area (Å²) < 4.78 is 10.3. The maximum Gasteiger partial charge on any atom is 0.306 e. The lowest BCUT2D eigenvalue weighted by atomic mass is 9.97. The summed E-state index contributed by atoms with van der Waals surface area (Å²) in [5, 5.41) is 0. The number of allylic oxidation sites excluding steroid dienone is 1. The van der Waals surface area contributed by atoms with Crippen molar-refractivity contribution in [3.8, 4) is 0 Å². The number of carbonyl (C=O) groups is 2. The zero-order valence-corrected chi connectivity index (χ0v) is 13.3. The number of carbonyl (C=O) groups excluding carboxylic acids is 2. The summed E-state index contributed by atoms with van der Waals surface area (Å²) in [6.45, 7) is 5.15. The Morgan fingerprint density at radius 2 is 1.90 bits per heavy atom. The van der Waals surface area contributed by atoms with E-state index in [0.29, 0.717) is 25.0 Å². The van der Waals surface area contributed by atoms with E-state index in [9.17, 15) is 9.59 Å². The van der Waals surface area contributed by atoms with E-state index < -0.39 is 0 Å². The predicted molar refractivity (Wildman–Crippen MR) is 81.7 cm³/mol. The first kappa shape index (κ1) is 17.7. The van der Waals surface area contributed by atoms with Crippen molar-refractivity contribution in [3.63, 3.8) is 0 Å². The van der Waals surface area contributed by atoms with Gasteiger partial charge in [-0.3, -0.25) is 9.59 Å². The van der Waals surface area contributed by atoms with Gasteiger partial charge in [-0.2, -0.15) is 0 Å². The van der Waals surface area contributed by atoms with E-state index in [0.717, 1.165) is 32.1 Å². The van der Waals surface area contributed by atoms with Crippen molar-refractivity contribution in [1.29, 1.82) is 0 Å². The second-order valence-electron chi connectivity index (χ2n) is 6.06. The van der Waals surface area contributed by atoms with Crippen LogP contribution in [0.15, 0.2) is 12.2 Å². The van der Waals surface area contributed by atoms with Gasteiger partial charge in [0, 0.05) is 5.92 Å². The third-order valence-electron chi connectivity index (χ3n) is 3.53. The fraction of sp³-hybridized carbons (Fsp3) is 0.765. The molecule has 0 aromatic heterocycles. The topological polar surface area (TPSA) is 52.6 Å². The van der Waals surface area contributed by atoms with Gasteiger partial charge >= 0.3 is 11.9 Å². The molecule has 1 atom stereocenters. The highest BCUT2D eigenvalue weighted by molar-refractivity contribution is 5.77. The zero-order chi connectivity index (χ0) is 15.5. The lowest BCUT2D eigenvalue weighted by Gasteiger charge is -2.16.